The Kier molecular flexibility index (Phi) is 4.84. The summed E-state index contributed by atoms with van der Waals surface area (Å²) in [6.45, 7) is 2.18. The minimum absolute atomic E-state index is 0.108. The predicted octanol–water partition coefficient (Wildman–Crippen LogP) is 1.08. The van der Waals surface area contributed by atoms with Gasteiger partial charge in [-0.1, -0.05) is 12.1 Å². The fourth-order valence-electron chi connectivity index (χ4n) is 2.67. The number of nitrogens with two attached hydrogens (primary N) is 1. The third-order valence-corrected chi connectivity index (χ3v) is 3.77. The fourth-order valence-corrected chi connectivity index (χ4v) is 2.67. The third-order valence-electron chi connectivity index (χ3n) is 3.77. The van der Waals surface area contributed by atoms with Gasteiger partial charge in [0.2, 0.25) is 5.91 Å². The zero-order chi connectivity index (χ0) is 14.5. The van der Waals surface area contributed by atoms with E-state index in [1.165, 1.54) is 0 Å². The van der Waals surface area contributed by atoms with E-state index >= 15 is 0 Å². The number of carbonyl (C=O) groups is 1. The van der Waals surface area contributed by atoms with E-state index in [1.54, 1.807) is 12.0 Å². The lowest BCUT2D eigenvalue weighted by Gasteiger charge is -2.31. The third kappa shape index (κ3) is 2.88. The number of para-hydroxylation sites is 2. The summed E-state index contributed by atoms with van der Waals surface area (Å²) in [7, 11) is 3.51. The molecule has 0 aliphatic carbocycles. The van der Waals surface area contributed by atoms with E-state index in [0.29, 0.717) is 6.54 Å². The van der Waals surface area contributed by atoms with Crippen molar-refractivity contribution < 1.29 is 9.53 Å². The number of nitrogens with zero attached hydrogens (tertiary/aromatic N) is 2. The van der Waals surface area contributed by atoms with Crippen LogP contribution in [-0.2, 0) is 4.79 Å². The number of rotatable bonds is 6. The van der Waals surface area contributed by atoms with Gasteiger partial charge in [-0.25, -0.2) is 0 Å². The van der Waals surface area contributed by atoms with E-state index in [-0.39, 0.29) is 11.9 Å². The lowest BCUT2D eigenvalue weighted by atomic mass is 10.1. The Morgan fingerprint density at radius 1 is 1.45 bits per heavy atom. The molecule has 5 nitrogen and oxygen atoms in total. The SMILES string of the molecule is COc1ccccc1N(CCCN)C1CCN(C)C1=O. The Balaban J connectivity index is 2.29. The minimum Gasteiger partial charge on any atom is -0.495 e. The molecule has 0 aromatic heterocycles. The fraction of sp³-hybridized carbons (Fsp3) is 0.533. The second-order valence-corrected chi connectivity index (χ2v) is 5.07. The van der Waals surface area contributed by atoms with Gasteiger partial charge in [-0.2, -0.15) is 0 Å². The van der Waals surface area contributed by atoms with Crippen molar-refractivity contribution in [2.24, 2.45) is 5.73 Å². The number of anilines is 1. The van der Waals surface area contributed by atoms with Crippen LogP contribution in [-0.4, -0.2) is 50.6 Å². The summed E-state index contributed by atoms with van der Waals surface area (Å²) < 4.78 is 5.43. The topological polar surface area (TPSA) is 58.8 Å². The largest absolute Gasteiger partial charge is 0.495 e. The summed E-state index contributed by atoms with van der Waals surface area (Å²) in [6, 6.07) is 7.72. The van der Waals surface area contributed by atoms with E-state index in [4.69, 9.17) is 10.5 Å². The van der Waals surface area contributed by atoms with Crippen molar-refractivity contribution in [1.29, 1.82) is 0 Å². The molecule has 2 rings (SSSR count). The van der Waals surface area contributed by atoms with Crippen molar-refractivity contribution >= 4 is 11.6 Å². The summed E-state index contributed by atoms with van der Waals surface area (Å²) in [5.41, 5.74) is 6.60. The number of methoxy groups -OCH3 is 1. The number of likely N-dealkylation sites (tertiary alicyclic amines) is 1. The molecule has 1 heterocycles. The highest BCUT2D eigenvalue weighted by Crippen LogP contribution is 2.31. The highest BCUT2D eigenvalue weighted by Gasteiger charge is 2.34. The van der Waals surface area contributed by atoms with Crippen molar-refractivity contribution in [1.82, 2.24) is 4.90 Å². The molecule has 0 bridgehead atoms. The molecule has 1 amide bonds. The van der Waals surface area contributed by atoms with Gasteiger partial charge in [-0.05, 0) is 31.5 Å². The van der Waals surface area contributed by atoms with Crippen LogP contribution >= 0.6 is 0 Å². The molecular weight excluding hydrogens is 254 g/mol. The van der Waals surface area contributed by atoms with Crippen LogP contribution in [0.5, 0.6) is 5.75 Å². The monoisotopic (exact) mass is 277 g/mol. The quantitative estimate of drug-likeness (QED) is 0.845. The van der Waals surface area contributed by atoms with E-state index < -0.39 is 0 Å². The molecule has 20 heavy (non-hydrogen) atoms. The van der Waals surface area contributed by atoms with Crippen LogP contribution in [0.1, 0.15) is 12.8 Å². The highest BCUT2D eigenvalue weighted by molar-refractivity contribution is 5.87. The molecule has 1 aliphatic heterocycles. The van der Waals surface area contributed by atoms with Crippen LogP contribution in [0.2, 0.25) is 0 Å². The van der Waals surface area contributed by atoms with Crippen molar-refractivity contribution in [2.45, 2.75) is 18.9 Å². The molecule has 1 aromatic carbocycles. The molecule has 5 heteroatoms. The maximum Gasteiger partial charge on any atom is 0.245 e. The van der Waals surface area contributed by atoms with Gasteiger partial charge >= 0.3 is 0 Å². The molecular formula is C15H23N3O2. The molecule has 1 aliphatic rings. The van der Waals surface area contributed by atoms with Gasteiger partial charge in [0.1, 0.15) is 11.8 Å². The summed E-state index contributed by atoms with van der Waals surface area (Å²) in [5, 5.41) is 0. The molecule has 1 atom stereocenters. The van der Waals surface area contributed by atoms with Gasteiger partial charge in [-0.3, -0.25) is 4.79 Å². The second-order valence-electron chi connectivity index (χ2n) is 5.07. The molecule has 0 radical (unpaired) electrons. The predicted molar refractivity (Wildman–Crippen MR) is 80.1 cm³/mol. The Morgan fingerprint density at radius 2 is 2.20 bits per heavy atom. The smallest absolute Gasteiger partial charge is 0.245 e. The van der Waals surface area contributed by atoms with E-state index in [0.717, 1.165) is 37.4 Å². The van der Waals surface area contributed by atoms with Crippen molar-refractivity contribution in [3.05, 3.63) is 24.3 Å². The van der Waals surface area contributed by atoms with Gasteiger partial charge in [0, 0.05) is 20.1 Å². The number of likely N-dealkylation sites (N-methyl/N-ethyl adjacent to an activating group) is 1. The van der Waals surface area contributed by atoms with E-state index in [2.05, 4.69) is 4.90 Å². The first-order valence-corrected chi connectivity index (χ1v) is 7.03. The zero-order valence-corrected chi connectivity index (χ0v) is 12.2. The lowest BCUT2D eigenvalue weighted by Crippen LogP contribution is -2.42. The van der Waals surface area contributed by atoms with Crippen LogP contribution in [0.25, 0.3) is 0 Å². The van der Waals surface area contributed by atoms with Gasteiger partial charge in [0.15, 0.2) is 0 Å². The Bertz CT molecular complexity index is 464. The molecule has 0 spiro atoms. The first-order chi connectivity index (χ1) is 9.69. The van der Waals surface area contributed by atoms with Crippen molar-refractivity contribution in [2.75, 3.05) is 38.7 Å². The number of ether oxygens (including phenoxy) is 1. The normalized spacial score (nSPS) is 18.4. The van der Waals surface area contributed by atoms with Crippen LogP contribution in [0.15, 0.2) is 24.3 Å². The Labute approximate surface area is 120 Å². The number of hydrogen-bond donors (Lipinski definition) is 1. The van der Waals surface area contributed by atoms with Crippen molar-refractivity contribution in [3.63, 3.8) is 0 Å². The van der Waals surface area contributed by atoms with Gasteiger partial charge < -0.3 is 20.3 Å². The minimum atomic E-state index is -0.108. The number of benzene rings is 1. The Hall–Kier alpha value is -1.75. The van der Waals surface area contributed by atoms with Crippen LogP contribution in [0.3, 0.4) is 0 Å². The molecule has 1 aromatic rings. The lowest BCUT2D eigenvalue weighted by molar-refractivity contribution is -0.127. The number of amides is 1. The van der Waals surface area contributed by atoms with Crippen LogP contribution in [0.4, 0.5) is 5.69 Å². The molecule has 0 saturated carbocycles. The Morgan fingerprint density at radius 3 is 2.80 bits per heavy atom. The highest BCUT2D eigenvalue weighted by atomic mass is 16.5. The molecule has 1 saturated heterocycles. The standard InChI is InChI=1S/C15H23N3O2/c1-17-11-8-13(15(17)19)18(10-5-9-16)12-6-3-4-7-14(12)20-2/h3-4,6-7,13H,5,8-11,16H2,1-2H3. The summed E-state index contributed by atoms with van der Waals surface area (Å²) in [4.78, 5) is 16.2. The summed E-state index contributed by atoms with van der Waals surface area (Å²) in [6.07, 6.45) is 1.70. The maximum atomic E-state index is 12.3. The molecule has 2 N–H and O–H groups in total. The summed E-state index contributed by atoms with van der Waals surface area (Å²) in [5.74, 6) is 0.972. The number of hydrogen-bond acceptors (Lipinski definition) is 4. The molecule has 110 valence electrons. The zero-order valence-electron chi connectivity index (χ0n) is 12.2. The van der Waals surface area contributed by atoms with Crippen molar-refractivity contribution in [3.8, 4) is 5.75 Å². The number of carbonyl (C=O) groups excluding carboxylic acids is 1. The van der Waals surface area contributed by atoms with Gasteiger partial charge in [-0.15, -0.1) is 0 Å². The van der Waals surface area contributed by atoms with E-state index in [1.807, 2.05) is 31.3 Å². The first-order valence-electron chi connectivity index (χ1n) is 7.03. The molecule has 1 unspecified atom stereocenters. The average Bonchev–Trinajstić information content (AvgIpc) is 2.80. The van der Waals surface area contributed by atoms with Crippen LogP contribution < -0.4 is 15.4 Å². The maximum absolute atomic E-state index is 12.3. The summed E-state index contributed by atoms with van der Waals surface area (Å²) >= 11 is 0. The first kappa shape index (κ1) is 14.7. The van der Waals surface area contributed by atoms with Crippen LogP contribution in [0, 0.1) is 0 Å². The average molecular weight is 277 g/mol. The van der Waals surface area contributed by atoms with Gasteiger partial charge in [0.05, 0.1) is 12.8 Å². The van der Waals surface area contributed by atoms with E-state index in [9.17, 15) is 4.79 Å². The van der Waals surface area contributed by atoms with Gasteiger partial charge in [0.25, 0.3) is 0 Å². The second kappa shape index (κ2) is 6.61. The molecule has 1 fully saturated rings.